The van der Waals surface area contributed by atoms with Crippen molar-refractivity contribution < 1.29 is 193 Å². The van der Waals surface area contributed by atoms with Crippen LogP contribution in [-0.2, 0) is 80.6 Å². The molecule has 7 saturated heterocycles. The highest BCUT2D eigenvalue weighted by Gasteiger charge is 2.60. The van der Waals surface area contributed by atoms with Crippen LogP contribution in [0.5, 0.6) is 0 Å². The first-order valence-electron chi connectivity index (χ1n) is 31.4. The fourth-order valence-electron chi connectivity index (χ4n) is 13.3. The van der Waals surface area contributed by atoms with Gasteiger partial charge >= 0.3 is 0 Å². The van der Waals surface area contributed by atoms with Crippen molar-refractivity contribution in [2.45, 2.75) is 266 Å². The zero-order valence-electron chi connectivity index (χ0n) is 52.2. The second-order valence-electron chi connectivity index (χ2n) is 25.1. The average Bonchev–Trinajstić information content (AvgIpc) is 1.74. The van der Waals surface area contributed by atoms with Gasteiger partial charge in [-0.3, -0.25) is 9.59 Å². The Hall–Kier alpha value is -3.03. The Morgan fingerprint density at radius 1 is 0.381 bits per heavy atom. The highest BCUT2D eigenvalue weighted by atomic mass is 16.8. The number of amides is 2. The van der Waals surface area contributed by atoms with E-state index in [0.29, 0.717) is 0 Å². The van der Waals surface area contributed by atoms with E-state index in [0.717, 1.165) is 13.8 Å². The molecule has 1 aliphatic carbocycles. The van der Waals surface area contributed by atoms with Crippen molar-refractivity contribution in [3.63, 3.8) is 0 Å². The second-order valence-corrected chi connectivity index (χ2v) is 25.1. The summed E-state index contributed by atoms with van der Waals surface area (Å²) in [6.07, 6.45) is -69.2. The molecule has 0 radical (unpaired) electrons. The van der Waals surface area contributed by atoms with Gasteiger partial charge in [0.15, 0.2) is 43.6 Å². The molecule has 9 rings (SSSR count). The molecule has 560 valence electrons. The van der Waals surface area contributed by atoms with Gasteiger partial charge in [0.2, 0.25) is 18.1 Å². The van der Waals surface area contributed by atoms with Crippen LogP contribution in [0.1, 0.15) is 27.2 Å². The minimum atomic E-state index is -2.27. The number of nitrogens with one attached hydrogen (secondary N) is 2. The molecular weight excluding hydrogens is 1330 g/mol. The van der Waals surface area contributed by atoms with Gasteiger partial charge in [0, 0.05) is 33.3 Å². The number of aliphatic imine (C=N–C) groups is 1. The minimum Gasteiger partial charge on any atom is -0.450 e. The number of hydrogen-bond acceptors (Lipinski definition) is 40. The van der Waals surface area contributed by atoms with Gasteiger partial charge < -0.3 is 194 Å². The highest BCUT2D eigenvalue weighted by Crippen LogP contribution is 2.40. The number of rotatable bonds is 24. The van der Waals surface area contributed by atoms with Crippen LogP contribution >= 0.6 is 0 Å². The number of aliphatic hydroxyl groups excluding tert-OH is 22. The summed E-state index contributed by atoms with van der Waals surface area (Å²) in [6, 6.07) is -4.82. The van der Waals surface area contributed by atoms with Gasteiger partial charge in [-0.25, -0.2) is 4.99 Å². The molecule has 24 N–H and O–H groups in total. The van der Waals surface area contributed by atoms with Crippen molar-refractivity contribution in [2.24, 2.45) is 10.9 Å². The highest BCUT2D eigenvalue weighted by molar-refractivity contribution is 5.75. The van der Waals surface area contributed by atoms with Crippen LogP contribution in [0.15, 0.2) is 4.99 Å². The van der Waals surface area contributed by atoms with Crippen molar-refractivity contribution in [1.29, 1.82) is 0 Å². The molecule has 16 unspecified atom stereocenters. The number of aliphatic hydroxyl groups is 22. The van der Waals surface area contributed by atoms with Gasteiger partial charge in [-0.2, -0.15) is 0 Å². The van der Waals surface area contributed by atoms with Crippen LogP contribution in [0, 0.1) is 5.92 Å². The minimum absolute atomic E-state index is 0.0694. The number of carbonyl (C=O) groups is 2. The molecule has 40 atom stereocenters. The van der Waals surface area contributed by atoms with Gasteiger partial charge in [-0.1, -0.05) is 0 Å². The Morgan fingerprint density at radius 3 is 1.24 bits per heavy atom. The van der Waals surface area contributed by atoms with Gasteiger partial charge in [-0.05, 0) is 6.42 Å². The largest absolute Gasteiger partial charge is 0.450 e. The maximum Gasteiger partial charge on any atom is 0.227 e. The predicted octanol–water partition coefficient (Wildman–Crippen LogP) is -16.0. The Morgan fingerprint density at radius 2 is 0.773 bits per heavy atom. The van der Waals surface area contributed by atoms with Crippen LogP contribution in [0.2, 0.25) is 0 Å². The van der Waals surface area contributed by atoms with Crippen LogP contribution in [0.4, 0.5) is 0 Å². The number of fused-ring (bicyclic) bond motifs is 1. The lowest BCUT2D eigenvalue weighted by Crippen LogP contribution is -2.69. The predicted molar refractivity (Wildman–Crippen MR) is 301 cm³/mol. The molecule has 42 nitrogen and oxygen atoms in total. The first-order valence-corrected chi connectivity index (χ1v) is 31.4. The molecule has 0 aromatic heterocycles. The summed E-state index contributed by atoms with van der Waals surface area (Å²) in [5.74, 6) is -2.98. The molecule has 42 heteroatoms. The molecule has 0 aromatic rings. The number of hydrogen-bond donors (Lipinski definition) is 24. The Bertz CT molecular complexity index is 2540. The molecule has 8 fully saturated rings. The lowest BCUT2D eigenvalue weighted by Gasteiger charge is -2.51. The van der Waals surface area contributed by atoms with E-state index in [1.807, 2.05) is 0 Å². The standard InChI is InChI=1S/C55H91N3O39/c1-13(66)56-25-33(73)44(94-52-40(80)36(76)29(69)18(6-60)86-52)22(10-64)90-50(25)93-43-17(4-16(5-59)28(68)38(43)78)85-47-32(72)24(92-54(42(47)82)96-46-21(9-63)89-49-27(35(46)75)58-15(3)84-49)12-83-55-48(39(79)31(71)20(8-62)88-55)97-51-26(57-14(2)67)34(74)45(23(11-65)91-51)95-53-41(81)37(77)30(70)19(7-61)87-53/h16-55,59-65,68-82H,4-12H2,1-3H3,(H,56,66)(H,57,67)/t16-,17-,18?,19?,20?,21?,22?,23?,24?,25?,26?,27?,28+,29-,30-,31+,32+,33+,34+,35+,36-,37-,38?,39-,40?,41?,42?,43?,44+,45+,46+,47-,48?,49+,50-,51-,52-,53-,54-,55-/m0/s1. The van der Waals surface area contributed by atoms with Crippen LogP contribution in [0.3, 0.4) is 0 Å². The summed E-state index contributed by atoms with van der Waals surface area (Å²) in [6.45, 7) is -4.25. The van der Waals surface area contributed by atoms with Crippen molar-refractivity contribution in [1.82, 2.24) is 10.6 Å². The zero-order valence-corrected chi connectivity index (χ0v) is 52.2. The SMILES string of the molecule is CC(=O)NC1[C@H](OC2C(O)[C@H](O)[C@H](CO)C[C@@H]2O[C@@H]2C(O)[C@H](O[C@@H]3C(CO)O[C@H]4OC(C)=NC4[C@H]3O)OC(CO[C@H]3OC(CO)[C@@H](O)[C@H](O)C3O[C@@H]3OC(CO)[C@@H](O[C@@H]4OC(CO)[C@H](O)[C@H](O)C4O)[C@H](O)C3NC(C)=O)[C@H]2O)OC(CO)[C@@H](O[C@@H]2OC(CO)[C@H](O)[C@H](O)C2O)[C@@H]1O. The summed E-state index contributed by atoms with van der Waals surface area (Å²) in [4.78, 5) is 29.8. The second kappa shape index (κ2) is 33.6. The van der Waals surface area contributed by atoms with Gasteiger partial charge in [0.25, 0.3) is 0 Å². The molecule has 8 heterocycles. The maximum absolute atomic E-state index is 12.8. The molecule has 2 amide bonds. The van der Waals surface area contributed by atoms with E-state index < -0.39 is 316 Å². The Kier molecular flexibility index (Phi) is 27.1. The topological polar surface area (TPSA) is 654 Å². The molecule has 0 spiro atoms. The summed E-state index contributed by atoms with van der Waals surface area (Å²) in [5, 5.41) is 247. The number of nitrogens with zero attached hydrogens (tertiary/aromatic N) is 1. The van der Waals surface area contributed by atoms with E-state index in [1.54, 1.807) is 0 Å². The van der Waals surface area contributed by atoms with Gasteiger partial charge in [-0.15, -0.1) is 0 Å². The van der Waals surface area contributed by atoms with E-state index in [2.05, 4.69) is 15.6 Å². The van der Waals surface area contributed by atoms with E-state index >= 15 is 0 Å². The molecule has 1 saturated carbocycles. The zero-order chi connectivity index (χ0) is 70.9. The average molecular weight is 1420 g/mol. The smallest absolute Gasteiger partial charge is 0.227 e. The van der Waals surface area contributed by atoms with Crippen molar-refractivity contribution in [2.75, 3.05) is 52.9 Å². The molecule has 0 bridgehead atoms. The maximum atomic E-state index is 12.8. The first-order chi connectivity index (χ1) is 46.0. The van der Waals surface area contributed by atoms with E-state index in [-0.39, 0.29) is 5.90 Å². The first kappa shape index (κ1) is 78.1. The quantitative estimate of drug-likeness (QED) is 0.0427. The molecule has 0 aromatic carbocycles. The third kappa shape index (κ3) is 16.5. The summed E-state index contributed by atoms with van der Waals surface area (Å²) >= 11 is 0. The summed E-state index contributed by atoms with van der Waals surface area (Å²) in [7, 11) is 0. The van der Waals surface area contributed by atoms with E-state index in [1.165, 1.54) is 6.92 Å². The molecular formula is C55H91N3O39. The summed E-state index contributed by atoms with van der Waals surface area (Å²) < 4.78 is 89.0. The van der Waals surface area contributed by atoms with Crippen LogP contribution < -0.4 is 10.6 Å². The molecule has 9 aliphatic rings. The molecule has 97 heavy (non-hydrogen) atoms. The van der Waals surface area contributed by atoms with Crippen molar-refractivity contribution in [3.8, 4) is 0 Å². The number of carbonyl (C=O) groups excluding carboxylic acids is 2. The fourth-order valence-corrected chi connectivity index (χ4v) is 13.3. The van der Waals surface area contributed by atoms with Crippen molar-refractivity contribution >= 4 is 17.7 Å². The Labute approximate surface area is 550 Å². The van der Waals surface area contributed by atoms with Gasteiger partial charge in [0.05, 0.1) is 58.5 Å². The monoisotopic (exact) mass is 1420 g/mol. The van der Waals surface area contributed by atoms with Crippen LogP contribution in [-0.4, -0.2) is 422 Å². The molecule has 8 aliphatic heterocycles. The third-order valence-electron chi connectivity index (χ3n) is 18.6. The Balaban J connectivity index is 1.01. The van der Waals surface area contributed by atoms with Crippen LogP contribution in [0.25, 0.3) is 0 Å². The van der Waals surface area contributed by atoms with E-state index in [9.17, 15) is 122 Å². The lowest BCUT2D eigenvalue weighted by molar-refractivity contribution is -0.381. The normalized spacial score (nSPS) is 50.4. The van der Waals surface area contributed by atoms with Crippen molar-refractivity contribution in [3.05, 3.63) is 0 Å². The van der Waals surface area contributed by atoms with E-state index in [4.69, 9.17) is 71.1 Å². The fraction of sp³-hybridized carbons (Fsp3) is 0.945. The third-order valence-corrected chi connectivity index (χ3v) is 18.6. The number of ether oxygens (including phenoxy) is 15. The van der Waals surface area contributed by atoms with Gasteiger partial charge in [0.1, 0.15) is 183 Å². The summed E-state index contributed by atoms with van der Waals surface area (Å²) in [5.41, 5.74) is 0. The lowest BCUT2D eigenvalue weighted by atomic mass is 9.80.